The van der Waals surface area contributed by atoms with E-state index in [0.29, 0.717) is 18.4 Å². The third kappa shape index (κ3) is 4.91. The predicted octanol–water partition coefficient (Wildman–Crippen LogP) is 2.28. The summed E-state index contributed by atoms with van der Waals surface area (Å²) in [5, 5.41) is 0. The van der Waals surface area contributed by atoms with Gasteiger partial charge < -0.3 is 4.74 Å². The minimum Gasteiger partial charge on any atom is -0.493 e. The fourth-order valence-corrected chi connectivity index (χ4v) is 1.99. The van der Waals surface area contributed by atoms with Crippen LogP contribution in [0.15, 0.2) is 24.3 Å². The van der Waals surface area contributed by atoms with Crippen LogP contribution in [0.2, 0.25) is 0 Å². The fourth-order valence-electron chi connectivity index (χ4n) is 1.99. The first-order valence-corrected chi connectivity index (χ1v) is 6.78. The van der Waals surface area contributed by atoms with Crippen LogP contribution in [-0.2, 0) is 11.2 Å². The molecule has 0 aliphatic rings. The second-order valence-corrected chi connectivity index (χ2v) is 5.08. The Balaban J connectivity index is 2.69. The molecule has 106 valence electrons. The second-order valence-electron chi connectivity index (χ2n) is 5.08. The molecule has 0 bridgehead atoms. The first kappa shape index (κ1) is 15.5. The smallest absolute Gasteiger partial charge is 0.238 e. The van der Waals surface area contributed by atoms with Crippen molar-refractivity contribution in [2.45, 2.75) is 33.6 Å². The van der Waals surface area contributed by atoms with Crippen molar-refractivity contribution in [1.29, 1.82) is 0 Å². The molecule has 0 saturated heterocycles. The Bertz CT molecular complexity index is 405. The molecule has 0 heterocycles. The van der Waals surface area contributed by atoms with Crippen molar-refractivity contribution in [3.05, 3.63) is 29.8 Å². The van der Waals surface area contributed by atoms with Crippen LogP contribution < -0.4 is 16.0 Å². The molecule has 0 aromatic heterocycles. The van der Waals surface area contributed by atoms with E-state index < -0.39 is 0 Å². The highest BCUT2D eigenvalue weighted by Gasteiger charge is 2.13. The van der Waals surface area contributed by atoms with Gasteiger partial charge in [-0.1, -0.05) is 39.0 Å². The number of hydrazine groups is 1. The Morgan fingerprint density at radius 3 is 2.63 bits per heavy atom. The van der Waals surface area contributed by atoms with E-state index in [1.165, 1.54) is 0 Å². The van der Waals surface area contributed by atoms with E-state index in [4.69, 9.17) is 10.6 Å². The minimum absolute atomic E-state index is 0.216. The van der Waals surface area contributed by atoms with Crippen LogP contribution in [0.4, 0.5) is 0 Å². The summed E-state index contributed by atoms with van der Waals surface area (Å²) in [7, 11) is 0. The van der Waals surface area contributed by atoms with E-state index in [9.17, 15) is 4.79 Å². The third-order valence-electron chi connectivity index (χ3n) is 3.40. The Kier molecular flexibility index (Phi) is 6.36. The fraction of sp³-hybridized carbons (Fsp3) is 0.533. The Hall–Kier alpha value is -1.55. The molecule has 0 radical (unpaired) electrons. The Morgan fingerprint density at radius 2 is 2.05 bits per heavy atom. The van der Waals surface area contributed by atoms with Crippen molar-refractivity contribution in [2.24, 2.45) is 17.7 Å². The topological polar surface area (TPSA) is 64.3 Å². The number of rotatable bonds is 7. The van der Waals surface area contributed by atoms with Crippen molar-refractivity contribution in [2.75, 3.05) is 6.61 Å². The highest BCUT2D eigenvalue weighted by Crippen LogP contribution is 2.22. The monoisotopic (exact) mass is 264 g/mol. The van der Waals surface area contributed by atoms with Gasteiger partial charge in [0.25, 0.3) is 0 Å². The molecule has 3 N–H and O–H groups in total. The number of hydrogen-bond acceptors (Lipinski definition) is 3. The van der Waals surface area contributed by atoms with Crippen molar-refractivity contribution >= 4 is 5.91 Å². The molecule has 4 nitrogen and oxygen atoms in total. The molecule has 1 amide bonds. The summed E-state index contributed by atoms with van der Waals surface area (Å²) in [4.78, 5) is 11.3. The van der Waals surface area contributed by atoms with Crippen LogP contribution in [0.25, 0.3) is 0 Å². The van der Waals surface area contributed by atoms with Gasteiger partial charge >= 0.3 is 0 Å². The summed E-state index contributed by atoms with van der Waals surface area (Å²) in [6.45, 7) is 7.24. The van der Waals surface area contributed by atoms with Gasteiger partial charge in [-0.05, 0) is 24.3 Å². The lowest BCUT2D eigenvalue weighted by Gasteiger charge is -2.20. The van der Waals surface area contributed by atoms with Crippen molar-refractivity contribution in [3.63, 3.8) is 0 Å². The molecular weight excluding hydrogens is 240 g/mol. The van der Waals surface area contributed by atoms with Crippen LogP contribution in [0.1, 0.15) is 32.8 Å². The zero-order chi connectivity index (χ0) is 14.3. The highest BCUT2D eigenvalue weighted by molar-refractivity contribution is 5.78. The average Bonchev–Trinajstić information content (AvgIpc) is 2.40. The third-order valence-corrected chi connectivity index (χ3v) is 3.40. The van der Waals surface area contributed by atoms with Gasteiger partial charge in [0.15, 0.2) is 0 Å². The maximum absolute atomic E-state index is 11.3. The summed E-state index contributed by atoms with van der Waals surface area (Å²) in [5.74, 6) is 6.78. The molecule has 0 unspecified atom stereocenters. The first-order chi connectivity index (χ1) is 9.08. The standard InChI is InChI=1S/C15H24N2O2/c1-4-12(11(2)3)10-19-14-8-6-5-7-13(14)9-15(18)17-16/h5-8,11-12H,4,9-10,16H2,1-3H3,(H,17,18)/t12-/m0/s1. The zero-order valence-electron chi connectivity index (χ0n) is 12.0. The van der Waals surface area contributed by atoms with Gasteiger partial charge in [0, 0.05) is 5.56 Å². The summed E-state index contributed by atoms with van der Waals surface area (Å²) in [6.07, 6.45) is 1.33. The summed E-state index contributed by atoms with van der Waals surface area (Å²) >= 11 is 0. The molecule has 19 heavy (non-hydrogen) atoms. The van der Waals surface area contributed by atoms with E-state index in [-0.39, 0.29) is 12.3 Å². The molecule has 0 aliphatic heterocycles. The number of nitrogens with one attached hydrogen (secondary N) is 1. The van der Waals surface area contributed by atoms with Crippen LogP contribution in [-0.4, -0.2) is 12.5 Å². The lowest BCUT2D eigenvalue weighted by molar-refractivity contribution is -0.120. The number of hydrogen-bond donors (Lipinski definition) is 2. The van der Waals surface area contributed by atoms with Crippen molar-refractivity contribution < 1.29 is 9.53 Å². The molecule has 0 saturated carbocycles. The van der Waals surface area contributed by atoms with E-state index in [1.807, 2.05) is 24.3 Å². The normalized spacial score (nSPS) is 12.3. The highest BCUT2D eigenvalue weighted by atomic mass is 16.5. The van der Waals surface area contributed by atoms with E-state index in [0.717, 1.165) is 17.7 Å². The molecule has 1 aromatic carbocycles. The van der Waals surface area contributed by atoms with Crippen molar-refractivity contribution in [1.82, 2.24) is 5.43 Å². The summed E-state index contributed by atoms with van der Waals surface area (Å²) < 4.78 is 5.88. The molecule has 0 fully saturated rings. The summed E-state index contributed by atoms with van der Waals surface area (Å²) in [5.41, 5.74) is 3.01. The van der Waals surface area contributed by atoms with Gasteiger partial charge in [-0.2, -0.15) is 0 Å². The Morgan fingerprint density at radius 1 is 1.37 bits per heavy atom. The molecular formula is C15H24N2O2. The maximum Gasteiger partial charge on any atom is 0.238 e. The first-order valence-electron chi connectivity index (χ1n) is 6.78. The number of para-hydroxylation sites is 1. The molecule has 0 spiro atoms. The van der Waals surface area contributed by atoms with Crippen LogP contribution in [0, 0.1) is 11.8 Å². The lowest BCUT2D eigenvalue weighted by Crippen LogP contribution is -2.31. The van der Waals surface area contributed by atoms with Gasteiger partial charge in [0.05, 0.1) is 13.0 Å². The van der Waals surface area contributed by atoms with E-state index >= 15 is 0 Å². The maximum atomic E-state index is 11.3. The number of benzene rings is 1. The van der Waals surface area contributed by atoms with Gasteiger partial charge in [-0.15, -0.1) is 0 Å². The quantitative estimate of drug-likeness (QED) is 0.451. The predicted molar refractivity (Wildman–Crippen MR) is 76.6 cm³/mol. The molecule has 1 atom stereocenters. The van der Waals surface area contributed by atoms with Crippen LogP contribution in [0.3, 0.4) is 0 Å². The number of carbonyl (C=O) groups excluding carboxylic acids is 1. The number of nitrogens with two attached hydrogens (primary N) is 1. The molecule has 0 aliphatic carbocycles. The van der Waals surface area contributed by atoms with E-state index in [1.54, 1.807) is 0 Å². The molecule has 4 heteroatoms. The molecule has 1 aromatic rings. The number of carbonyl (C=O) groups is 1. The van der Waals surface area contributed by atoms with Crippen molar-refractivity contribution in [3.8, 4) is 5.75 Å². The van der Waals surface area contributed by atoms with Gasteiger partial charge in [-0.25, -0.2) is 5.84 Å². The zero-order valence-corrected chi connectivity index (χ0v) is 12.0. The second kappa shape index (κ2) is 7.79. The Labute approximate surface area is 115 Å². The van der Waals surface area contributed by atoms with E-state index in [2.05, 4.69) is 26.2 Å². The van der Waals surface area contributed by atoms with Gasteiger partial charge in [0.1, 0.15) is 5.75 Å². The minimum atomic E-state index is -0.216. The van der Waals surface area contributed by atoms with Gasteiger partial charge in [-0.3, -0.25) is 10.2 Å². The van der Waals surface area contributed by atoms with Gasteiger partial charge in [0.2, 0.25) is 5.91 Å². The number of ether oxygens (including phenoxy) is 1. The van der Waals surface area contributed by atoms with Crippen LogP contribution in [0.5, 0.6) is 5.75 Å². The van der Waals surface area contributed by atoms with Crippen LogP contribution >= 0.6 is 0 Å². The summed E-state index contributed by atoms with van der Waals surface area (Å²) in [6, 6.07) is 7.59. The largest absolute Gasteiger partial charge is 0.493 e. The average molecular weight is 264 g/mol. The SMILES string of the molecule is CC[C@@H](COc1ccccc1CC(=O)NN)C(C)C. The number of amides is 1. The lowest BCUT2D eigenvalue weighted by atomic mass is 9.94. The molecule has 1 rings (SSSR count).